The maximum absolute atomic E-state index is 11.4. The number of nitrogens with one attached hydrogen (secondary N) is 3. The zero-order chi connectivity index (χ0) is 16.6. The Kier molecular flexibility index (Phi) is 13.1. The Morgan fingerprint density at radius 1 is 0.818 bits per heavy atom. The smallest absolute Gasteiger partial charge is 0.239 e. The second kappa shape index (κ2) is 14.2. The van der Waals surface area contributed by atoms with Gasteiger partial charge in [0.15, 0.2) is 0 Å². The summed E-state index contributed by atoms with van der Waals surface area (Å²) in [4.78, 5) is 33.5. The van der Waals surface area contributed by atoms with E-state index in [1.54, 1.807) is 0 Å². The highest BCUT2D eigenvalue weighted by atomic mass is 16.5. The van der Waals surface area contributed by atoms with E-state index in [1.165, 1.54) is 0 Å². The van der Waals surface area contributed by atoms with Crippen molar-refractivity contribution in [1.29, 1.82) is 0 Å². The fourth-order valence-electron chi connectivity index (χ4n) is 1.20. The maximum atomic E-state index is 11.4. The first-order valence-electron chi connectivity index (χ1n) is 6.86. The van der Waals surface area contributed by atoms with Crippen LogP contribution >= 0.6 is 0 Å². The highest BCUT2D eigenvalue weighted by Crippen LogP contribution is 1.78. The van der Waals surface area contributed by atoms with Crippen LogP contribution in [0.5, 0.6) is 0 Å². The number of aliphatic hydroxyl groups is 1. The van der Waals surface area contributed by atoms with Crippen LogP contribution in [-0.2, 0) is 23.9 Å². The Hall–Kier alpha value is -1.75. The molecule has 0 aromatic heterocycles. The first-order chi connectivity index (χ1) is 10.6. The van der Waals surface area contributed by atoms with Crippen LogP contribution < -0.4 is 21.7 Å². The molecule has 0 aliphatic rings. The maximum Gasteiger partial charge on any atom is 0.239 e. The third-order valence-corrected chi connectivity index (χ3v) is 2.25. The summed E-state index contributed by atoms with van der Waals surface area (Å²) >= 11 is 0. The van der Waals surface area contributed by atoms with E-state index in [2.05, 4.69) is 16.0 Å². The van der Waals surface area contributed by atoms with Gasteiger partial charge in [0, 0.05) is 6.54 Å². The number of ether oxygens (including phenoxy) is 2. The standard InChI is InChI=1S/C12H24N4O6/c13-7-10(18)15-9-12(20)16-8-11(19)14-1-3-21-5-6-22-4-2-17/h17H,1-9,13H2,(H,14,19)(H,15,18)(H,16,20). The van der Waals surface area contributed by atoms with Gasteiger partial charge in [-0.25, -0.2) is 0 Å². The molecule has 0 fully saturated rings. The molecule has 0 saturated carbocycles. The number of hydrogen-bond acceptors (Lipinski definition) is 7. The largest absolute Gasteiger partial charge is 0.394 e. The summed E-state index contributed by atoms with van der Waals surface area (Å²) in [6.07, 6.45) is 0. The third kappa shape index (κ3) is 13.2. The molecule has 0 saturated heterocycles. The van der Waals surface area contributed by atoms with Crippen LogP contribution in [-0.4, -0.2) is 82.0 Å². The summed E-state index contributed by atoms with van der Waals surface area (Å²) in [6.45, 7) is 0.999. The number of carbonyl (C=O) groups is 3. The van der Waals surface area contributed by atoms with Crippen LogP contribution in [0.2, 0.25) is 0 Å². The van der Waals surface area contributed by atoms with Crippen molar-refractivity contribution in [3.05, 3.63) is 0 Å². The Bertz CT molecular complexity index is 340. The van der Waals surface area contributed by atoms with Gasteiger partial charge in [0.1, 0.15) is 0 Å². The van der Waals surface area contributed by atoms with Crippen LogP contribution in [0, 0.1) is 0 Å². The van der Waals surface area contributed by atoms with Crippen molar-refractivity contribution in [2.24, 2.45) is 5.73 Å². The second-order valence-electron chi connectivity index (χ2n) is 4.06. The minimum absolute atomic E-state index is 0.0301. The number of aliphatic hydroxyl groups excluding tert-OH is 1. The average molecular weight is 320 g/mol. The van der Waals surface area contributed by atoms with E-state index < -0.39 is 11.8 Å². The first-order valence-corrected chi connectivity index (χ1v) is 6.86. The Morgan fingerprint density at radius 3 is 1.95 bits per heavy atom. The van der Waals surface area contributed by atoms with Crippen molar-refractivity contribution in [2.75, 3.05) is 59.2 Å². The Balaban J connectivity index is 3.42. The summed E-state index contributed by atoms with van der Waals surface area (Å²) in [7, 11) is 0. The van der Waals surface area contributed by atoms with Gasteiger partial charge in [-0.15, -0.1) is 0 Å². The van der Waals surface area contributed by atoms with Gasteiger partial charge in [-0.05, 0) is 0 Å². The lowest BCUT2D eigenvalue weighted by molar-refractivity contribution is -0.127. The van der Waals surface area contributed by atoms with E-state index in [0.29, 0.717) is 26.4 Å². The normalized spacial score (nSPS) is 10.1. The fraction of sp³-hybridized carbons (Fsp3) is 0.750. The molecular formula is C12H24N4O6. The van der Waals surface area contributed by atoms with Crippen LogP contribution in [0.1, 0.15) is 0 Å². The summed E-state index contributed by atoms with van der Waals surface area (Å²) in [5.74, 6) is -1.28. The van der Waals surface area contributed by atoms with Crippen LogP contribution in [0.25, 0.3) is 0 Å². The van der Waals surface area contributed by atoms with Gasteiger partial charge in [-0.3, -0.25) is 14.4 Å². The number of carbonyl (C=O) groups excluding carboxylic acids is 3. The van der Waals surface area contributed by atoms with Crippen molar-refractivity contribution >= 4 is 17.7 Å². The van der Waals surface area contributed by atoms with Gasteiger partial charge in [-0.1, -0.05) is 0 Å². The lowest BCUT2D eigenvalue weighted by atomic mass is 10.5. The van der Waals surface area contributed by atoms with Crippen LogP contribution in [0.4, 0.5) is 0 Å². The molecule has 0 rings (SSSR count). The zero-order valence-electron chi connectivity index (χ0n) is 12.4. The van der Waals surface area contributed by atoms with Crippen molar-refractivity contribution in [3.63, 3.8) is 0 Å². The summed E-state index contributed by atoms with van der Waals surface area (Å²) in [6, 6.07) is 0. The molecule has 22 heavy (non-hydrogen) atoms. The molecule has 0 aliphatic carbocycles. The molecule has 128 valence electrons. The average Bonchev–Trinajstić information content (AvgIpc) is 2.53. The third-order valence-electron chi connectivity index (χ3n) is 2.25. The van der Waals surface area contributed by atoms with Gasteiger partial charge in [0.05, 0.1) is 52.7 Å². The zero-order valence-corrected chi connectivity index (χ0v) is 12.4. The number of nitrogens with two attached hydrogens (primary N) is 1. The minimum Gasteiger partial charge on any atom is -0.394 e. The molecule has 0 aromatic carbocycles. The molecule has 3 amide bonds. The quantitative estimate of drug-likeness (QED) is 0.219. The van der Waals surface area contributed by atoms with E-state index in [0.717, 1.165) is 0 Å². The Morgan fingerprint density at radius 2 is 1.36 bits per heavy atom. The molecule has 0 aromatic rings. The second-order valence-corrected chi connectivity index (χ2v) is 4.06. The van der Waals surface area contributed by atoms with Crippen molar-refractivity contribution < 1.29 is 29.0 Å². The molecule has 0 heterocycles. The predicted octanol–water partition coefficient (Wildman–Crippen LogP) is -3.68. The van der Waals surface area contributed by atoms with Gasteiger partial charge in [-0.2, -0.15) is 0 Å². The summed E-state index contributed by atoms with van der Waals surface area (Å²) in [5, 5.41) is 15.6. The van der Waals surface area contributed by atoms with Crippen LogP contribution in [0.15, 0.2) is 0 Å². The minimum atomic E-state index is -0.478. The number of hydrogen-bond donors (Lipinski definition) is 5. The summed E-state index contributed by atoms with van der Waals surface area (Å²) in [5.41, 5.74) is 5.06. The fourth-order valence-corrected chi connectivity index (χ4v) is 1.20. The molecule has 0 aliphatic heterocycles. The summed E-state index contributed by atoms with van der Waals surface area (Å²) < 4.78 is 10.1. The van der Waals surface area contributed by atoms with E-state index >= 15 is 0 Å². The highest BCUT2D eigenvalue weighted by Gasteiger charge is 2.06. The SMILES string of the molecule is NCC(=O)NCC(=O)NCC(=O)NCCOCCOCCO. The van der Waals surface area contributed by atoms with Crippen molar-refractivity contribution in [2.45, 2.75) is 0 Å². The van der Waals surface area contributed by atoms with Crippen molar-refractivity contribution in [1.82, 2.24) is 16.0 Å². The first kappa shape index (κ1) is 20.2. The molecule has 0 atom stereocenters. The molecule has 0 radical (unpaired) electrons. The van der Waals surface area contributed by atoms with E-state index in [1.807, 2.05) is 0 Å². The van der Waals surface area contributed by atoms with Crippen LogP contribution in [0.3, 0.4) is 0 Å². The topological polar surface area (TPSA) is 152 Å². The Labute approximate surface area is 128 Å². The lowest BCUT2D eigenvalue weighted by Gasteiger charge is -2.08. The molecular weight excluding hydrogens is 296 g/mol. The molecule has 0 bridgehead atoms. The number of amides is 3. The van der Waals surface area contributed by atoms with Gasteiger partial charge < -0.3 is 36.3 Å². The van der Waals surface area contributed by atoms with Crippen molar-refractivity contribution in [3.8, 4) is 0 Å². The molecule has 0 spiro atoms. The molecule has 10 heteroatoms. The monoisotopic (exact) mass is 320 g/mol. The molecule has 6 N–H and O–H groups in total. The van der Waals surface area contributed by atoms with Gasteiger partial charge >= 0.3 is 0 Å². The van der Waals surface area contributed by atoms with E-state index in [-0.39, 0.29) is 38.8 Å². The van der Waals surface area contributed by atoms with Gasteiger partial charge in [0.2, 0.25) is 17.7 Å². The predicted molar refractivity (Wildman–Crippen MR) is 76.8 cm³/mol. The van der Waals surface area contributed by atoms with Gasteiger partial charge in [0.25, 0.3) is 0 Å². The lowest BCUT2D eigenvalue weighted by Crippen LogP contribution is -2.43. The van der Waals surface area contributed by atoms with E-state index in [4.69, 9.17) is 20.3 Å². The number of rotatable bonds is 13. The van der Waals surface area contributed by atoms with E-state index in [9.17, 15) is 14.4 Å². The molecule has 10 nitrogen and oxygen atoms in total. The molecule has 0 unspecified atom stereocenters. The highest BCUT2D eigenvalue weighted by molar-refractivity contribution is 5.88.